The number of hydrogen-bond acceptors (Lipinski definition) is 9. The van der Waals surface area contributed by atoms with Crippen LogP contribution in [0.3, 0.4) is 0 Å². The first kappa shape index (κ1) is 22.7. The number of nitrogens with one attached hydrogen (secondary N) is 1. The van der Waals surface area contributed by atoms with Crippen molar-refractivity contribution in [2.24, 2.45) is 0 Å². The van der Waals surface area contributed by atoms with Gasteiger partial charge in [0.15, 0.2) is 16.6 Å². The lowest BCUT2D eigenvalue weighted by Crippen LogP contribution is -2.44. The number of rotatable bonds is 7. The summed E-state index contributed by atoms with van der Waals surface area (Å²) in [6.07, 6.45) is 0.419. The highest BCUT2D eigenvalue weighted by Gasteiger charge is 2.23. The van der Waals surface area contributed by atoms with E-state index in [1.54, 1.807) is 19.6 Å². The molecule has 1 aromatic carbocycles. The SMILES string of the molecule is COc1ccc(-c2nc(C(=O)Nc3nc(CN4C[C@@H](C)O[C@H](C)C4)cs3)cs2)cc1OC. The molecule has 0 saturated carbocycles. The number of amides is 1. The van der Waals surface area contributed by atoms with Gasteiger partial charge in [-0.15, -0.1) is 22.7 Å². The maximum Gasteiger partial charge on any atom is 0.276 e. The van der Waals surface area contributed by atoms with Gasteiger partial charge in [0.05, 0.1) is 32.1 Å². The van der Waals surface area contributed by atoms with Crippen LogP contribution >= 0.6 is 22.7 Å². The van der Waals surface area contributed by atoms with Crippen molar-refractivity contribution in [3.05, 3.63) is 40.3 Å². The number of carbonyl (C=O) groups excluding carboxylic acids is 1. The minimum absolute atomic E-state index is 0.209. The monoisotopic (exact) mass is 474 g/mol. The molecule has 3 heterocycles. The number of carbonyl (C=O) groups is 1. The van der Waals surface area contributed by atoms with Gasteiger partial charge in [-0.25, -0.2) is 9.97 Å². The molecule has 0 unspecified atom stereocenters. The maximum atomic E-state index is 12.7. The van der Waals surface area contributed by atoms with Crippen LogP contribution in [0.4, 0.5) is 5.13 Å². The molecule has 0 bridgehead atoms. The third-order valence-electron chi connectivity index (χ3n) is 5.02. The molecule has 32 heavy (non-hydrogen) atoms. The first-order valence-corrected chi connectivity index (χ1v) is 12.0. The second-order valence-electron chi connectivity index (χ2n) is 7.66. The average Bonchev–Trinajstić information content (AvgIpc) is 3.42. The van der Waals surface area contributed by atoms with Crippen molar-refractivity contribution in [1.29, 1.82) is 0 Å². The zero-order valence-electron chi connectivity index (χ0n) is 18.5. The van der Waals surface area contributed by atoms with Gasteiger partial charge in [0.2, 0.25) is 0 Å². The van der Waals surface area contributed by atoms with Crippen molar-refractivity contribution < 1.29 is 19.0 Å². The molecule has 0 radical (unpaired) electrons. The third kappa shape index (κ3) is 5.26. The first-order valence-electron chi connectivity index (χ1n) is 10.3. The molecule has 1 aliphatic rings. The molecule has 1 fully saturated rings. The quantitative estimate of drug-likeness (QED) is 0.551. The summed E-state index contributed by atoms with van der Waals surface area (Å²) >= 11 is 2.82. The highest BCUT2D eigenvalue weighted by atomic mass is 32.1. The van der Waals surface area contributed by atoms with Crippen LogP contribution in [-0.4, -0.2) is 60.3 Å². The van der Waals surface area contributed by atoms with Gasteiger partial charge < -0.3 is 14.2 Å². The van der Waals surface area contributed by atoms with Crippen LogP contribution in [0.2, 0.25) is 0 Å². The van der Waals surface area contributed by atoms with Crippen LogP contribution in [0.5, 0.6) is 11.5 Å². The molecule has 0 spiro atoms. The Labute approximate surface area is 195 Å². The lowest BCUT2D eigenvalue weighted by molar-refractivity contribution is -0.0707. The number of benzene rings is 1. The van der Waals surface area contributed by atoms with E-state index in [0.29, 0.717) is 22.3 Å². The minimum Gasteiger partial charge on any atom is -0.493 e. The number of aromatic nitrogens is 2. The molecule has 4 rings (SSSR count). The van der Waals surface area contributed by atoms with Crippen molar-refractivity contribution in [3.63, 3.8) is 0 Å². The van der Waals surface area contributed by atoms with Crippen molar-refractivity contribution in [1.82, 2.24) is 14.9 Å². The topological polar surface area (TPSA) is 85.8 Å². The summed E-state index contributed by atoms with van der Waals surface area (Å²) in [7, 11) is 3.18. The van der Waals surface area contributed by atoms with E-state index < -0.39 is 0 Å². The van der Waals surface area contributed by atoms with Crippen LogP contribution in [-0.2, 0) is 11.3 Å². The Morgan fingerprint density at radius 1 is 1.12 bits per heavy atom. The number of thiazole rings is 2. The second kappa shape index (κ2) is 9.95. The number of ether oxygens (including phenoxy) is 3. The van der Waals surface area contributed by atoms with Crippen molar-refractivity contribution in [3.8, 4) is 22.1 Å². The number of hydrogen-bond donors (Lipinski definition) is 1. The largest absolute Gasteiger partial charge is 0.493 e. The predicted molar refractivity (Wildman–Crippen MR) is 126 cm³/mol. The van der Waals surface area contributed by atoms with E-state index in [4.69, 9.17) is 14.2 Å². The van der Waals surface area contributed by atoms with Crippen LogP contribution < -0.4 is 14.8 Å². The van der Waals surface area contributed by atoms with Gasteiger partial charge >= 0.3 is 0 Å². The average molecular weight is 475 g/mol. The highest BCUT2D eigenvalue weighted by molar-refractivity contribution is 7.14. The molecule has 1 amide bonds. The van der Waals surface area contributed by atoms with Crippen LogP contribution in [0.1, 0.15) is 30.0 Å². The molecule has 3 aromatic rings. The molecular formula is C22H26N4O4S2. The minimum atomic E-state index is -0.275. The molecule has 8 nitrogen and oxygen atoms in total. The van der Waals surface area contributed by atoms with E-state index >= 15 is 0 Å². The lowest BCUT2D eigenvalue weighted by atomic mass is 10.2. The molecule has 2 atom stereocenters. The maximum absolute atomic E-state index is 12.7. The predicted octanol–water partition coefficient (Wildman–Crippen LogP) is 4.15. The second-order valence-corrected chi connectivity index (χ2v) is 9.37. The van der Waals surface area contributed by atoms with Gasteiger partial charge in [-0.3, -0.25) is 15.0 Å². The summed E-state index contributed by atoms with van der Waals surface area (Å²) in [5, 5.41) is 7.89. The Hall–Kier alpha value is -2.53. The molecule has 10 heteroatoms. The fourth-order valence-electron chi connectivity index (χ4n) is 3.72. The standard InChI is InChI=1S/C22H26N4O4S2/c1-13-8-26(9-14(2)30-13)10-16-11-32-22(23-16)25-20(27)17-12-31-21(24-17)15-5-6-18(28-3)19(7-15)29-4/h5-7,11-14H,8-10H2,1-4H3,(H,23,25,27)/t13-,14-/m1/s1. The van der Waals surface area contributed by atoms with Gasteiger partial charge in [-0.05, 0) is 32.0 Å². The summed E-state index contributed by atoms with van der Waals surface area (Å²) in [4.78, 5) is 24.1. The number of morpholine rings is 1. The summed E-state index contributed by atoms with van der Waals surface area (Å²) in [6.45, 7) is 6.66. The Morgan fingerprint density at radius 3 is 2.59 bits per heavy atom. The van der Waals surface area contributed by atoms with Crippen LogP contribution in [0, 0.1) is 0 Å². The van der Waals surface area contributed by atoms with Crippen molar-refractivity contribution in [2.75, 3.05) is 32.6 Å². The fourth-order valence-corrected chi connectivity index (χ4v) is 5.21. The molecule has 170 valence electrons. The number of methoxy groups -OCH3 is 2. The zero-order chi connectivity index (χ0) is 22.7. The smallest absolute Gasteiger partial charge is 0.276 e. The highest BCUT2D eigenvalue weighted by Crippen LogP contribution is 2.33. The normalized spacial score (nSPS) is 19.0. The summed E-state index contributed by atoms with van der Waals surface area (Å²) < 4.78 is 16.4. The van der Waals surface area contributed by atoms with Crippen molar-refractivity contribution >= 4 is 33.7 Å². The molecule has 1 aliphatic heterocycles. The van der Waals surface area contributed by atoms with Crippen LogP contribution in [0.25, 0.3) is 10.6 Å². The summed E-state index contributed by atoms with van der Waals surface area (Å²) in [6, 6.07) is 5.56. The molecule has 1 saturated heterocycles. The molecule has 0 aliphatic carbocycles. The molecular weight excluding hydrogens is 448 g/mol. The summed E-state index contributed by atoms with van der Waals surface area (Å²) in [5.74, 6) is 0.986. The third-order valence-corrected chi connectivity index (χ3v) is 6.72. The van der Waals surface area contributed by atoms with E-state index in [1.807, 2.05) is 23.6 Å². The molecule has 2 aromatic heterocycles. The number of anilines is 1. The fraction of sp³-hybridized carbons (Fsp3) is 0.409. The Bertz CT molecular complexity index is 1070. The van der Waals surface area contributed by atoms with Gasteiger partial charge in [0.1, 0.15) is 10.7 Å². The first-order chi connectivity index (χ1) is 15.4. The summed E-state index contributed by atoms with van der Waals surface area (Å²) in [5.41, 5.74) is 2.15. The Kier molecular flexibility index (Phi) is 7.04. The van der Waals surface area contributed by atoms with E-state index in [-0.39, 0.29) is 18.1 Å². The van der Waals surface area contributed by atoms with Gasteiger partial charge in [0, 0.05) is 36.0 Å². The lowest BCUT2D eigenvalue weighted by Gasteiger charge is -2.34. The zero-order valence-corrected chi connectivity index (χ0v) is 20.1. The van der Waals surface area contributed by atoms with Gasteiger partial charge in [0.25, 0.3) is 5.91 Å². The van der Waals surface area contributed by atoms with Gasteiger partial charge in [-0.2, -0.15) is 0 Å². The molecule has 1 N–H and O–H groups in total. The Morgan fingerprint density at radius 2 is 1.88 bits per heavy atom. The van der Waals surface area contributed by atoms with Crippen molar-refractivity contribution in [2.45, 2.75) is 32.6 Å². The van der Waals surface area contributed by atoms with E-state index in [1.165, 1.54) is 22.7 Å². The van der Waals surface area contributed by atoms with E-state index in [9.17, 15) is 4.79 Å². The van der Waals surface area contributed by atoms with Crippen LogP contribution in [0.15, 0.2) is 29.0 Å². The number of nitrogens with zero attached hydrogens (tertiary/aromatic N) is 3. The van der Waals surface area contributed by atoms with E-state index in [2.05, 4.69) is 34.0 Å². The van der Waals surface area contributed by atoms with Gasteiger partial charge in [-0.1, -0.05) is 0 Å². The Balaban J connectivity index is 1.40. The van der Waals surface area contributed by atoms with E-state index in [0.717, 1.165) is 35.9 Å².